The first-order chi connectivity index (χ1) is 9.40. The molecular weight excluding hydrogens is 486 g/mol. The van der Waals surface area contributed by atoms with E-state index in [2.05, 4.69) is 13.8 Å². The Bertz CT molecular complexity index is 169. The molecular formula is C14H32I2O4. The van der Waals surface area contributed by atoms with Gasteiger partial charge in [-0.1, -0.05) is 48.0 Å². The normalized spacial score (nSPS) is 17.6. The van der Waals surface area contributed by atoms with E-state index in [9.17, 15) is 5.11 Å². The van der Waals surface area contributed by atoms with Crippen LogP contribution in [-0.4, -0.2) is 35.1 Å². The van der Waals surface area contributed by atoms with Gasteiger partial charge >= 0.3 is 0 Å². The van der Waals surface area contributed by atoms with Crippen molar-refractivity contribution in [1.82, 2.24) is 0 Å². The van der Waals surface area contributed by atoms with Gasteiger partial charge in [0.2, 0.25) is 0 Å². The average molecular weight is 518 g/mol. The predicted octanol–water partition coefficient (Wildman–Crippen LogP) is 4.54. The van der Waals surface area contributed by atoms with Gasteiger partial charge in [-0.15, -0.1) is 0 Å². The summed E-state index contributed by atoms with van der Waals surface area (Å²) in [6.07, 6.45) is 0.222. The van der Waals surface area contributed by atoms with E-state index in [0.29, 0.717) is 0 Å². The molecule has 0 saturated heterocycles. The van der Waals surface area contributed by atoms with Crippen LogP contribution < -0.4 is 0 Å². The second kappa shape index (κ2) is 18.3. The van der Waals surface area contributed by atoms with E-state index in [0.717, 1.165) is 0 Å². The molecule has 126 valence electrons. The van der Waals surface area contributed by atoms with Crippen LogP contribution in [0.2, 0.25) is 0 Å². The van der Waals surface area contributed by atoms with Crippen molar-refractivity contribution in [2.75, 3.05) is 6.61 Å². The molecule has 0 saturated carbocycles. The lowest BCUT2D eigenvalue weighted by Crippen LogP contribution is -2.42. The third-order valence-electron chi connectivity index (χ3n) is 2.71. The minimum Gasteiger partial charge on any atom is -0.396 e. The van der Waals surface area contributed by atoms with E-state index in [4.69, 9.17) is 11.2 Å². The van der Waals surface area contributed by atoms with Crippen molar-refractivity contribution in [3.63, 3.8) is 0 Å². The maximum absolute atomic E-state index is 9.94. The highest BCUT2D eigenvalue weighted by molar-refractivity contribution is 14.1. The van der Waals surface area contributed by atoms with Gasteiger partial charge in [-0.3, -0.25) is 0 Å². The van der Waals surface area contributed by atoms with Gasteiger partial charge in [0, 0.05) is 18.4 Å². The summed E-state index contributed by atoms with van der Waals surface area (Å²) in [5.74, 6) is -0.142. The number of halogens is 2. The summed E-state index contributed by atoms with van der Waals surface area (Å²) in [5.41, 5.74) is 0. The fraction of sp³-hybridized carbons (Fsp3) is 1.00. The third-order valence-corrected chi connectivity index (χ3v) is 4.10. The molecule has 0 fully saturated rings. The van der Waals surface area contributed by atoms with Crippen LogP contribution in [0, 0.1) is 11.8 Å². The number of aliphatic hydroxyl groups excluding tert-OH is 2. The summed E-state index contributed by atoms with van der Waals surface area (Å²) in [6.45, 7) is 13.9. The maximum Gasteiger partial charge on any atom is 0.110 e. The van der Waals surface area contributed by atoms with Crippen LogP contribution in [0.5, 0.6) is 0 Å². The van der Waals surface area contributed by atoms with Crippen molar-refractivity contribution in [2.24, 2.45) is 11.8 Å². The molecule has 6 heteroatoms. The monoisotopic (exact) mass is 518 g/mol. The van der Waals surface area contributed by atoms with Crippen LogP contribution in [0.15, 0.2) is 0 Å². The number of hydrogen-bond donors (Lipinski definition) is 2. The molecule has 5 unspecified atom stereocenters. The maximum atomic E-state index is 9.94. The van der Waals surface area contributed by atoms with Gasteiger partial charge in [0.1, 0.15) is 52.1 Å². The molecule has 0 radical (unpaired) electrons. The molecule has 0 amide bonds. The summed E-state index contributed by atoms with van der Waals surface area (Å²) < 4.78 is 10.4. The SMILES string of the molecule is CC.CC(CO)C(O)C(OI)C(C)C(C)OI.CCC. The van der Waals surface area contributed by atoms with E-state index < -0.39 is 6.10 Å². The molecule has 0 heterocycles. The van der Waals surface area contributed by atoms with Gasteiger partial charge in [-0.25, -0.2) is 0 Å². The van der Waals surface area contributed by atoms with Crippen LogP contribution in [-0.2, 0) is 6.13 Å². The second-order valence-electron chi connectivity index (χ2n) is 4.56. The summed E-state index contributed by atoms with van der Waals surface area (Å²) in [5, 5.41) is 18.9. The lowest BCUT2D eigenvalue weighted by Gasteiger charge is -2.31. The second-order valence-corrected chi connectivity index (χ2v) is 5.58. The predicted molar refractivity (Wildman–Crippen MR) is 102 cm³/mol. The Balaban J connectivity index is -0.000000505. The molecule has 0 aliphatic rings. The molecule has 0 aliphatic carbocycles. The summed E-state index contributed by atoms with van der Waals surface area (Å²) >= 11 is 3.62. The van der Waals surface area contributed by atoms with Gasteiger partial charge in [0.25, 0.3) is 0 Å². The van der Waals surface area contributed by atoms with Crippen molar-refractivity contribution in [1.29, 1.82) is 0 Å². The van der Waals surface area contributed by atoms with E-state index in [-0.39, 0.29) is 30.7 Å². The molecule has 0 aromatic heterocycles. The Morgan fingerprint density at radius 2 is 1.40 bits per heavy atom. The highest BCUT2D eigenvalue weighted by Crippen LogP contribution is 2.24. The first-order valence-corrected chi connectivity index (χ1v) is 9.00. The number of rotatable bonds is 7. The van der Waals surface area contributed by atoms with E-state index in [1.165, 1.54) is 6.42 Å². The molecule has 2 N–H and O–H groups in total. The third kappa shape index (κ3) is 11.9. The molecule has 20 heavy (non-hydrogen) atoms. The zero-order valence-corrected chi connectivity index (χ0v) is 18.1. The Hall–Kier alpha value is 1.30. The molecule has 4 nitrogen and oxygen atoms in total. The Labute approximate surface area is 153 Å². The summed E-state index contributed by atoms with van der Waals surface area (Å²) in [4.78, 5) is 0. The average Bonchev–Trinajstić information content (AvgIpc) is 2.48. The fourth-order valence-electron chi connectivity index (χ4n) is 1.22. The van der Waals surface area contributed by atoms with Crippen molar-refractivity contribution < 1.29 is 16.3 Å². The fourth-order valence-corrected chi connectivity index (χ4v) is 2.45. The van der Waals surface area contributed by atoms with Gasteiger partial charge < -0.3 is 16.3 Å². The standard InChI is InChI=1S/C9H18I2O4.C3H8.C2H6/c1-5(4-12)8(13)9(15-11)6(2)7(3)14-10;1-3-2;1-2/h5-9,12-13H,4H2,1-3H3;3H2,1-2H3;1-2H3. The van der Waals surface area contributed by atoms with Crippen molar-refractivity contribution in [2.45, 2.75) is 73.2 Å². The molecule has 0 rings (SSSR count). The summed E-state index contributed by atoms with van der Waals surface area (Å²) in [7, 11) is 0. The first kappa shape index (κ1) is 26.2. The lowest BCUT2D eigenvalue weighted by molar-refractivity contribution is -0.0355. The van der Waals surface area contributed by atoms with Gasteiger partial charge in [0.15, 0.2) is 0 Å². The van der Waals surface area contributed by atoms with Crippen molar-refractivity contribution in [3.8, 4) is 0 Å². The van der Waals surface area contributed by atoms with Gasteiger partial charge in [-0.05, 0) is 6.92 Å². The minimum atomic E-state index is -0.684. The summed E-state index contributed by atoms with van der Waals surface area (Å²) in [6, 6.07) is 0. The molecule has 5 atom stereocenters. The van der Waals surface area contributed by atoms with Gasteiger partial charge in [-0.2, -0.15) is 0 Å². The van der Waals surface area contributed by atoms with E-state index in [1.807, 2.05) is 50.7 Å². The number of aliphatic hydroxyl groups is 2. The lowest BCUT2D eigenvalue weighted by atomic mass is 9.89. The Kier molecular flexibility index (Phi) is 24.0. The smallest absolute Gasteiger partial charge is 0.110 e. The molecule has 0 aromatic carbocycles. The molecule has 0 spiro atoms. The molecule has 0 aromatic rings. The van der Waals surface area contributed by atoms with Crippen molar-refractivity contribution in [3.05, 3.63) is 0 Å². The Morgan fingerprint density at radius 3 is 1.65 bits per heavy atom. The highest BCUT2D eigenvalue weighted by atomic mass is 127. The Morgan fingerprint density at radius 1 is 1.00 bits per heavy atom. The van der Waals surface area contributed by atoms with Gasteiger partial charge in [0.05, 0.1) is 12.2 Å². The zero-order valence-electron chi connectivity index (χ0n) is 13.8. The largest absolute Gasteiger partial charge is 0.396 e. The van der Waals surface area contributed by atoms with Crippen LogP contribution in [0.25, 0.3) is 0 Å². The van der Waals surface area contributed by atoms with Crippen LogP contribution in [0.3, 0.4) is 0 Å². The number of hydrogen-bond acceptors (Lipinski definition) is 4. The topological polar surface area (TPSA) is 58.9 Å². The van der Waals surface area contributed by atoms with Crippen molar-refractivity contribution >= 4 is 46.0 Å². The zero-order chi connectivity index (χ0) is 16.7. The first-order valence-electron chi connectivity index (χ1n) is 7.24. The minimum absolute atomic E-state index is 0.00842. The van der Waals surface area contributed by atoms with E-state index in [1.54, 1.807) is 29.9 Å². The molecule has 0 bridgehead atoms. The van der Waals surface area contributed by atoms with E-state index >= 15 is 0 Å². The van der Waals surface area contributed by atoms with Crippen LogP contribution in [0.1, 0.15) is 54.9 Å². The highest BCUT2D eigenvalue weighted by Gasteiger charge is 2.33. The van der Waals surface area contributed by atoms with Crippen LogP contribution in [0.4, 0.5) is 0 Å². The molecule has 0 aliphatic heterocycles. The van der Waals surface area contributed by atoms with Crippen LogP contribution >= 0.6 is 46.0 Å². The quantitative estimate of drug-likeness (QED) is 0.486.